The molecule has 0 radical (unpaired) electrons. The van der Waals surface area contributed by atoms with Gasteiger partial charge in [0.25, 0.3) is 0 Å². The average molecular weight is 372 g/mol. The number of nitrogens with zero attached hydrogens (tertiary/aromatic N) is 2. The van der Waals surface area contributed by atoms with Crippen LogP contribution in [0.4, 0.5) is 0 Å². The summed E-state index contributed by atoms with van der Waals surface area (Å²) in [4.78, 5) is 6.57. The van der Waals surface area contributed by atoms with Gasteiger partial charge in [0.15, 0.2) is 5.96 Å². The molecule has 1 N–H and O–H groups in total. The number of hydrogen-bond acceptors (Lipinski definition) is 2. The van der Waals surface area contributed by atoms with Gasteiger partial charge >= 0.3 is 0 Å². The van der Waals surface area contributed by atoms with Crippen molar-refractivity contribution in [2.45, 2.75) is 25.7 Å². The zero-order valence-corrected chi connectivity index (χ0v) is 16.0. The molecule has 2 rings (SSSR count). The summed E-state index contributed by atoms with van der Waals surface area (Å²) in [5.41, 5.74) is 1.13. The van der Waals surface area contributed by atoms with Crippen molar-refractivity contribution in [2.75, 3.05) is 40.4 Å². The molecule has 0 saturated carbocycles. The molecule has 1 aliphatic rings. The number of aliphatic imine (C=N–C) groups is 1. The number of halogens is 2. The highest BCUT2D eigenvalue weighted by atomic mass is 35.5. The van der Waals surface area contributed by atoms with E-state index < -0.39 is 0 Å². The van der Waals surface area contributed by atoms with E-state index in [1.165, 1.54) is 19.3 Å². The Labute approximate surface area is 155 Å². The Balaban J connectivity index is 1.74. The van der Waals surface area contributed by atoms with Crippen molar-refractivity contribution in [2.24, 2.45) is 10.9 Å². The van der Waals surface area contributed by atoms with Gasteiger partial charge in [0.2, 0.25) is 0 Å². The Morgan fingerprint density at radius 2 is 1.92 bits per heavy atom. The van der Waals surface area contributed by atoms with Crippen molar-refractivity contribution in [1.29, 1.82) is 0 Å². The van der Waals surface area contributed by atoms with Crippen LogP contribution in [0.3, 0.4) is 0 Å². The Morgan fingerprint density at radius 1 is 1.25 bits per heavy atom. The first-order valence-electron chi connectivity index (χ1n) is 8.53. The van der Waals surface area contributed by atoms with Gasteiger partial charge in [-0.05, 0) is 55.4 Å². The molecule has 0 atom stereocenters. The van der Waals surface area contributed by atoms with E-state index in [2.05, 4.69) is 22.3 Å². The number of guanidine groups is 1. The Bertz CT molecular complexity index is 525. The molecule has 0 aliphatic carbocycles. The van der Waals surface area contributed by atoms with Crippen LogP contribution in [0.5, 0.6) is 0 Å². The lowest BCUT2D eigenvalue weighted by molar-refractivity contribution is 0.0625. The summed E-state index contributed by atoms with van der Waals surface area (Å²) in [5, 5.41) is 4.76. The van der Waals surface area contributed by atoms with Crippen molar-refractivity contribution in [3.8, 4) is 0 Å². The van der Waals surface area contributed by atoms with E-state index in [0.717, 1.165) is 50.2 Å². The molecule has 0 aromatic heterocycles. The third kappa shape index (κ3) is 6.50. The molecule has 6 heteroatoms. The molecule has 1 aromatic rings. The van der Waals surface area contributed by atoms with Crippen LogP contribution in [-0.2, 0) is 11.2 Å². The van der Waals surface area contributed by atoms with Gasteiger partial charge in [0.1, 0.15) is 0 Å². The van der Waals surface area contributed by atoms with Crippen molar-refractivity contribution in [1.82, 2.24) is 10.2 Å². The van der Waals surface area contributed by atoms with Gasteiger partial charge in [-0.3, -0.25) is 4.99 Å². The Morgan fingerprint density at radius 3 is 2.54 bits per heavy atom. The van der Waals surface area contributed by atoms with Gasteiger partial charge in [-0.1, -0.05) is 23.2 Å². The van der Waals surface area contributed by atoms with Gasteiger partial charge in [0, 0.05) is 50.4 Å². The zero-order chi connectivity index (χ0) is 17.4. The van der Waals surface area contributed by atoms with Gasteiger partial charge < -0.3 is 15.0 Å². The molecule has 24 heavy (non-hydrogen) atoms. The Kier molecular flexibility index (Phi) is 8.16. The second-order valence-electron chi connectivity index (χ2n) is 6.27. The Hall–Kier alpha value is -0.970. The van der Waals surface area contributed by atoms with E-state index in [9.17, 15) is 0 Å². The van der Waals surface area contributed by atoms with Crippen LogP contribution >= 0.6 is 23.2 Å². The van der Waals surface area contributed by atoms with Crippen LogP contribution in [0.15, 0.2) is 23.2 Å². The fraction of sp³-hybridized carbons (Fsp3) is 0.611. The highest BCUT2D eigenvalue weighted by Crippen LogP contribution is 2.19. The molecule has 1 heterocycles. The summed E-state index contributed by atoms with van der Waals surface area (Å²) in [6, 6.07) is 5.66. The minimum Gasteiger partial charge on any atom is -0.381 e. The topological polar surface area (TPSA) is 36.9 Å². The number of nitrogens with one attached hydrogen (secondary N) is 1. The van der Waals surface area contributed by atoms with Crippen molar-refractivity contribution >= 4 is 29.2 Å². The fourth-order valence-electron chi connectivity index (χ4n) is 2.98. The van der Waals surface area contributed by atoms with Crippen LogP contribution in [0.1, 0.15) is 24.8 Å². The lowest BCUT2D eigenvalue weighted by atomic mass is 9.96. The highest BCUT2D eigenvalue weighted by Gasteiger charge is 2.15. The maximum atomic E-state index is 6.04. The molecule has 0 spiro atoms. The quantitative estimate of drug-likeness (QED) is 0.609. The standard InChI is InChI=1S/C18H27Cl2N3O/c1-21-18(23(2)8-4-14-5-9-24-10-6-14)22-7-3-15-11-16(19)13-17(20)12-15/h11-14H,3-10H2,1-2H3,(H,21,22). The first kappa shape index (κ1) is 19.4. The van der Waals surface area contributed by atoms with Gasteiger partial charge in [-0.15, -0.1) is 0 Å². The molecule has 1 saturated heterocycles. The maximum Gasteiger partial charge on any atom is 0.193 e. The van der Waals surface area contributed by atoms with E-state index in [-0.39, 0.29) is 0 Å². The molecule has 4 nitrogen and oxygen atoms in total. The van der Waals surface area contributed by atoms with Crippen molar-refractivity contribution < 1.29 is 4.74 Å². The largest absolute Gasteiger partial charge is 0.381 e. The van der Waals surface area contributed by atoms with Gasteiger partial charge in [-0.25, -0.2) is 0 Å². The first-order valence-corrected chi connectivity index (χ1v) is 9.28. The van der Waals surface area contributed by atoms with Crippen LogP contribution < -0.4 is 5.32 Å². The minimum absolute atomic E-state index is 0.676. The summed E-state index contributed by atoms with van der Waals surface area (Å²) in [7, 11) is 3.91. The smallest absolute Gasteiger partial charge is 0.193 e. The fourth-order valence-corrected chi connectivity index (χ4v) is 3.55. The SMILES string of the molecule is CN=C(NCCc1cc(Cl)cc(Cl)c1)N(C)CCC1CCOCC1. The molecule has 1 fully saturated rings. The van der Waals surface area contributed by atoms with Crippen molar-refractivity contribution in [3.63, 3.8) is 0 Å². The summed E-state index contributed by atoms with van der Waals surface area (Å²) >= 11 is 12.1. The number of ether oxygens (including phenoxy) is 1. The second-order valence-corrected chi connectivity index (χ2v) is 7.14. The predicted molar refractivity (Wildman–Crippen MR) is 102 cm³/mol. The van der Waals surface area contributed by atoms with E-state index in [4.69, 9.17) is 27.9 Å². The molecular weight excluding hydrogens is 345 g/mol. The van der Waals surface area contributed by atoms with Crippen LogP contribution in [0, 0.1) is 5.92 Å². The summed E-state index contributed by atoms with van der Waals surface area (Å²) in [6.07, 6.45) is 4.39. The maximum absolute atomic E-state index is 6.04. The minimum atomic E-state index is 0.676. The normalized spacial score (nSPS) is 16.2. The molecule has 1 aliphatic heterocycles. The summed E-state index contributed by atoms with van der Waals surface area (Å²) < 4.78 is 5.42. The summed E-state index contributed by atoms with van der Waals surface area (Å²) in [5.74, 6) is 1.70. The lowest BCUT2D eigenvalue weighted by Gasteiger charge is -2.26. The molecular formula is C18H27Cl2N3O. The monoisotopic (exact) mass is 371 g/mol. The number of hydrogen-bond donors (Lipinski definition) is 1. The van der Waals surface area contributed by atoms with Gasteiger partial charge in [0.05, 0.1) is 0 Å². The van der Waals surface area contributed by atoms with E-state index >= 15 is 0 Å². The highest BCUT2D eigenvalue weighted by molar-refractivity contribution is 6.34. The third-order valence-electron chi connectivity index (χ3n) is 4.41. The van der Waals surface area contributed by atoms with Gasteiger partial charge in [-0.2, -0.15) is 0 Å². The van der Waals surface area contributed by atoms with Crippen molar-refractivity contribution in [3.05, 3.63) is 33.8 Å². The summed E-state index contributed by atoms with van der Waals surface area (Å²) in [6.45, 7) is 3.62. The molecule has 0 unspecified atom stereocenters. The lowest BCUT2D eigenvalue weighted by Crippen LogP contribution is -2.40. The molecule has 0 bridgehead atoms. The molecule has 134 valence electrons. The van der Waals surface area contributed by atoms with Crippen LogP contribution in [0.25, 0.3) is 0 Å². The second kappa shape index (κ2) is 10.1. The average Bonchev–Trinajstić information content (AvgIpc) is 2.57. The van der Waals surface area contributed by atoms with Crippen LogP contribution in [-0.4, -0.2) is 51.3 Å². The predicted octanol–water partition coefficient (Wildman–Crippen LogP) is 3.86. The number of benzene rings is 1. The van der Waals surface area contributed by atoms with E-state index in [1.54, 1.807) is 6.07 Å². The zero-order valence-electron chi connectivity index (χ0n) is 14.5. The first-order chi connectivity index (χ1) is 11.6. The molecule has 1 aromatic carbocycles. The van der Waals surface area contributed by atoms with Crippen LogP contribution in [0.2, 0.25) is 10.0 Å². The van der Waals surface area contributed by atoms with E-state index in [1.807, 2.05) is 19.2 Å². The molecule has 0 amide bonds. The van der Waals surface area contributed by atoms with E-state index in [0.29, 0.717) is 10.0 Å². The number of rotatable bonds is 6. The third-order valence-corrected chi connectivity index (χ3v) is 4.84.